The zero-order valence-corrected chi connectivity index (χ0v) is 10.3. The van der Waals surface area contributed by atoms with E-state index in [9.17, 15) is 14.4 Å². The zero-order valence-electron chi connectivity index (χ0n) is 10.3. The van der Waals surface area contributed by atoms with Crippen LogP contribution >= 0.6 is 0 Å². The van der Waals surface area contributed by atoms with E-state index < -0.39 is 0 Å². The number of carbonyl (C=O) groups is 3. The van der Waals surface area contributed by atoms with Crippen molar-refractivity contribution in [2.45, 2.75) is 34.1 Å². The quantitative estimate of drug-likeness (QED) is 0.740. The van der Waals surface area contributed by atoms with Crippen LogP contribution in [0.3, 0.4) is 0 Å². The van der Waals surface area contributed by atoms with E-state index in [2.05, 4.69) is 9.97 Å². The van der Waals surface area contributed by atoms with Crippen LogP contribution in [0.5, 0.6) is 0 Å². The van der Waals surface area contributed by atoms with E-state index in [1.165, 1.54) is 20.8 Å². The largest absolute Gasteiger partial charge is 0.293 e. The van der Waals surface area contributed by atoms with Gasteiger partial charge in [0.15, 0.2) is 17.3 Å². The smallest absolute Gasteiger partial charge is 0.180 e. The third kappa shape index (κ3) is 2.61. The Balaban J connectivity index is 3.59. The van der Waals surface area contributed by atoms with E-state index in [0.717, 1.165) is 0 Å². The van der Waals surface area contributed by atoms with Crippen LogP contribution in [0.1, 0.15) is 64.9 Å². The van der Waals surface area contributed by atoms with Gasteiger partial charge in [-0.05, 0) is 6.42 Å². The first-order valence-electron chi connectivity index (χ1n) is 5.32. The fourth-order valence-electron chi connectivity index (χ4n) is 1.49. The highest BCUT2D eigenvalue weighted by molar-refractivity contribution is 6.05. The van der Waals surface area contributed by atoms with Crippen LogP contribution in [-0.2, 0) is 6.42 Å². The highest BCUT2D eigenvalue weighted by atomic mass is 16.1. The molecule has 5 nitrogen and oxygen atoms in total. The number of aryl methyl sites for hydroxylation is 1. The monoisotopic (exact) mass is 234 g/mol. The predicted octanol–water partition coefficient (Wildman–Crippen LogP) is 1.65. The molecule has 90 valence electrons. The second-order valence-corrected chi connectivity index (χ2v) is 3.74. The van der Waals surface area contributed by atoms with Crippen LogP contribution in [0.2, 0.25) is 0 Å². The number of carbonyl (C=O) groups excluding carboxylic acids is 3. The Hall–Kier alpha value is -1.91. The lowest BCUT2D eigenvalue weighted by atomic mass is 10.1. The molecular weight excluding hydrogens is 220 g/mol. The standard InChI is InChI=1S/C12H14N2O3/c1-5-9-10(6(2)15)14-12(8(4)17)11(13-9)7(3)16/h5H2,1-4H3. The van der Waals surface area contributed by atoms with Crippen LogP contribution in [0.15, 0.2) is 0 Å². The minimum Gasteiger partial charge on any atom is -0.293 e. The van der Waals surface area contributed by atoms with Gasteiger partial charge in [0, 0.05) is 20.8 Å². The first-order valence-corrected chi connectivity index (χ1v) is 5.32. The van der Waals surface area contributed by atoms with Gasteiger partial charge in [-0.25, -0.2) is 9.97 Å². The molecule has 0 saturated heterocycles. The number of hydrogen-bond donors (Lipinski definition) is 0. The molecule has 0 aliphatic rings. The Morgan fingerprint density at radius 2 is 1.24 bits per heavy atom. The number of Topliss-reactive ketones (excluding diaryl/α,β-unsaturated/α-hetero) is 3. The SMILES string of the molecule is CCc1nc(C(C)=O)c(C(C)=O)nc1C(C)=O. The molecule has 0 aliphatic carbocycles. The summed E-state index contributed by atoms with van der Waals surface area (Å²) in [6.07, 6.45) is 0.486. The number of aromatic nitrogens is 2. The normalized spacial score (nSPS) is 10.1. The minimum absolute atomic E-state index is 0.0279. The molecule has 1 rings (SSSR count). The molecule has 0 aromatic carbocycles. The van der Waals surface area contributed by atoms with Crippen molar-refractivity contribution in [1.29, 1.82) is 0 Å². The van der Waals surface area contributed by atoms with Gasteiger partial charge in [0.05, 0.1) is 5.69 Å². The lowest BCUT2D eigenvalue weighted by molar-refractivity contribution is 0.0968. The highest BCUT2D eigenvalue weighted by Crippen LogP contribution is 2.12. The van der Waals surface area contributed by atoms with Crippen molar-refractivity contribution < 1.29 is 14.4 Å². The summed E-state index contributed by atoms with van der Waals surface area (Å²) in [6.45, 7) is 5.80. The molecule has 0 unspecified atom stereocenters. The highest BCUT2D eigenvalue weighted by Gasteiger charge is 2.20. The first kappa shape index (κ1) is 13.2. The summed E-state index contributed by atoms with van der Waals surface area (Å²) in [5.74, 6) is -0.952. The van der Waals surface area contributed by atoms with E-state index in [-0.39, 0.29) is 34.4 Å². The van der Waals surface area contributed by atoms with Crippen molar-refractivity contribution in [2.24, 2.45) is 0 Å². The molecule has 0 amide bonds. The zero-order chi connectivity index (χ0) is 13.2. The van der Waals surface area contributed by atoms with Crippen molar-refractivity contribution in [2.75, 3.05) is 0 Å². The van der Waals surface area contributed by atoms with Gasteiger partial charge < -0.3 is 0 Å². The first-order chi connectivity index (χ1) is 7.88. The van der Waals surface area contributed by atoms with Crippen molar-refractivity contribution in [3.63, 3.8) is 0 Å². The van der Waals surface area contributed by atoms with Gasteiger partial charge in [-0.15, -0.1) is 0 Å². The fourth-order valence-corrected chi connectivity index (χ4v) is 1.49. The van der Waals surface area contributed by atoms with Crippen molar-refractivity contribution in [3.8, 4) is 0 Å². The number of hydrogen-bond acceptors (Lipinski definition) is 5. The maximum atomic E-state index is 11.4. The Morgan fingerprint density at radius 1 is 0.824 bits per heavy atom. The van der Waals surface area contributed by atoms with Crippen molar-refractivity contribution >= 4 is 17.3 Å². The van der Waals surface area contributed by atoms with E-state index in [1.54, 1.807) is 0 Å². The van der Waals surface area contributed by atoms with Crippen LogP contribution < -0.4 is 0 Å². The second-order valence-electron chi connectivity index (χ2n) is 3.74. The Kier molecular flexibility index (Phi) is 3.83. The van der Waals surface area contributed by atoms with Gasteiger partial charge in [-0.1, -0.05) is 6.92 Å². The summed E-state index contributed by atoms with van der Waals surface area (Å²) >= 11 is 0. The van der Waals surface area contributed by atoms with E-state index in [4.69, 9.17) is 0 Å². The Morgan fingerprint density at radius 3 is 1.59 bits per heavy atom. The molecule has 17 heavy (non-hydrogen) atoms. The molecule has 0 aliphatic heterocycles. The van der Waals surface area contributed by atoms with Crippen LogP contribution in [0.25, 0.3) is 0 Å². The van der Waals surface area contributed by atoms with Gasteiger partial charge in [0.1, 0.15) is 17.1 Å². The molecule has 0 spiro atoms. The van der Waals surface area contributed by atoms with E-state index >= 15 is 0 Å². The molecule has 0 atom stereocenters. The van der Waals surface area contributed by atoms with Crippen LogP contribution in [-0.4, -0.2) is 27.3 Å². The van der Waals surface area contributed by atoms with Gasteiger partial charge in [0.2, 0.25) is 0 Å². The number of rotatable bonds is 4. The Labute approximate surface area is 99.3 Å². The maximum absolute atomic E-state index is 11.4. The molecule has 0 bridgehead atoms. The summed E-state index contributed by atoms with van der Waals surface area (Å²) in [6, 6.07) is 0. The third-order valence-electron chi connectivity index (χ3n) is 2.30. The van der Waals surface area contributed by atoms with Gasteiger partial charge in [-0.3, -0.25) is 14.4 Å². The molecule has 0 N–H and O–H groups in total. The minimum atomic E-state index is -0.368. The topological polar surface area (TPSA) is 77.0 Å². The molecule has 1 aromatic heterocycles. The summed E-state index contributed by atoms with van der Waals surface area (Å²) < 4.78 is 0. The predicted molar refractivity (Wildman–Crippen MR) is 61.4 cm³/mol. The molecule has 1 aromatic rings. The van der Waals surface area contributed by atoms with E-state index in [1.807, 2.05) is 6.92 Å². The average molecular weight is 234 g/mol. The van der Waals surface area contributed by atoms with Crippen LogP contribution in [0, 0.1) is 0 Å². The average Bonchev–Trinajstić information content (AvgIpc) is 2.26. The van der Waals surface area contributed by atoms with Crippen molar-refractivity contribution in [1.82, 2.24) is 9.97 Å². The lowest BCUT2D eigenvalue weighted by Gasteiger charge is -2.08. The van der Waals surface area contributed by atoms with Crippen LogP contribution in [0.4, 0.5) is 0 Å². The molecule has 1 heterocycles. The molecule has 0 fully saturated rings. The fraction of sp³-hybridized carbons (Fsp3) is 0.417. The molecule has 5 heteroatoms. The van der Waals surface area contributed by atoms with Gasteiger partial charge in [-0.2, -0.15) is 0 Å². The number of nitrogens with zero attached hydrogens (tertiary/aromatic N) is 2. The molecule has 0 radical (unpaired) electrons. The summed E-state index contributed by atoms with van der Waals surface area (Å²) in [7, 11) is 0. The summed E-state index contributed by atoms with van der Waals surface area (Å²) in [4.78, 5) is 42.2. The molecule has 0 saturated carbocycles. The lowest BCUT2D eigenvalue weighted by Crippen LogP contribution is -2.16. The maximum Gasteiger partial charge on any atom is 0.180 e. The Bertz CT molecular complexity index is 507. The second kappa shape index (κ2) is 4.95. The van der Waals surface area contributed by atoms with Gasteiger partial charge >= 0.3 is 0 Å². The summed E-state index contributed by atoms with van der Waals surface area (Å²) in [5, 5.41) is 0. The summed E-state index contributed by atoms with van der Waals surface area (Å²) in [5.41, 5.74) is 0.634. The van der Waals surface area contributed by atoms with Gasteiger partial charge in [0.25, 0.3) is 0 Å². The van der Waals surface area contributed by atoms with E-state index in [0.29, 0.717) is 12.1 Å². The third-order valence-corrected chi connectivity index (χ3v) is 2.30. The number of ketones is 3. The molecular formula is C12H14N2O3. The van der Waals surface area contributed by atoms with Crippen molar-refractivity contribution in [3.05, 3.63) is 22.8 Å².